The van der Waals surface area contributed by atoms with Gasteiger partial charge >= 0.3 is 5.97 Å². The molecular weight excluding hydrogens is 224 g/mol. The molecule has 5 heteroatoms. The number of nitrogens with two attached hydrogens (primary N) is 1. The van der Waals surface area contributed by atoms with Crippen LogP contribution in [0.15, 0.2) is 5.38 Å². The largest absolute Gasteiger partial charge is 0.481 e. The molecule has 1 rings (SSSR count). The third-order valence-corrected chi connectivity index (χ3v) is 3.43. The van der Waals surface area contributed by atoms with Gasteiger partial charge in [0.1, 0.15) is 0 Å². The molecule has 1 aromatic rings. The van der Waals surface area contributed by atoms with Gasteiger partial charge in [-0.05, 0) is 26.3 Å². The van der Waals surface area contributed by atoms with Crippen LogP contribution in [0, 0.1) is 12.8 Å². The molecule has 4 nitrogen and oxygen atoms in total. The summed E-state index contributed by atoms with van der Waals surface area (Å²) >= 11 is 1.54. The number of aromatic nitrogens is 1. The fourth-order valence-corrected chi connectivity index (χ4v) is 2.41. The number of hydrogen-bond donors (Lipinski definition) is 2. The van der Waals surface area contributed by atoms with Crippen molar-refractivity contribution in [1.29, 1.82) is 0 Å². The van der Waals surface area contributed by atoms with E-state index in [1.165, 1.54) is 11.3 Å². The molecule has 1 unspecified atom stereocenters. The highest BCUT2D eigenvalue weighted by molar-refractivity contribution is 7.09. The van der Waals surface area contributed by atoms with Gasteiger partial charge in [0.05, 0.1) is 10.9 Å². The maximum atomic E-state index is 11.1. The summed E-state index contributed by atoms with van der Waals surface area (Å²) in [5, 5.41) is 12.0. The molecular formula is C11H18N2O2S. The topological polar surface area (TPSA) is 76.2 Å². The van der Waals surface area contributed by atoms with Crippen molar-refractivity contribution in [2.45, 2.75) is 32.6 Å². The lowest BCUT2D eigenvalue weighted by Gasteiger charge is -2.09. The molecule has 0 amide bonds. The van der Waals surface area contributed by atoms with Gasteiger partial charge in [-0.15, -0.1) is 11.3 Å². The molecule has 1 heterocycles. The van der Waals surface area contributed by atoms with Crippen LogP contribution in [0.1, 0.15) is 30.0 Å². The number of unbranched alkanes of at least 4 members (excludes halogenated alkanes) is 1. The van der Waals surface area contributed by atoms with Gasteiger partial charge in [-0.25, -0.2) is 4.98 Å². The molecule has 0 aromatic carbocycles. The van der Waals surface area contributed by atoms with Crippen molar-refractivity contribution in [2.75, 3.05) is 6.54 Å². The summed E-state index contributed by atoms with van der Waals surface area (Å²) in [6, 6.07) is 0. The molecule has 3 N–H and O–H groups in total. The van der Waals surface area contributed by atoms with Crippen molar-refractivity contribution in [1.82, 2.24) is 4.98 Å². The zero-order chi connectivity index (χ0) is 12.0. The molecule has 0 saturated carbocycles. The Morgan fingerprint density at radius 3 is 2.88 bits per heavy atom. The van der Waals surface area contributed by atoms with Gasteiger partial charge in [0.2, 0.25) is 0 Å². The summed E-state index contributed by atoms with van der Waals surface area (Å²) in [6.07, 6.45) is 2.99. The van der Waals surface area contributed by atoms with Crippen LogP contribution < -0.4 is 5.73 Å². The fourth-order valence-electron chi connectivity index (χ4n) is 1.56. The maximum absolute atomic E-state index is 11.1. The molecule has 0 aliphatic carbocycles. The van der Waals surface area contributed by atoms with Gasteiger partial charge in [0, 0.05) is 17.5 Å². The normalized spacial score (nSPS) is 12.6. The molecule has 90 valence electrons. The average molecular weight is 242 g/mol. The highest BCUT2D eigenvalue weighted by Gasteiger charge is 2.18. The second-order valence-corrected chi connectivity index (χ2v) is 4.85. The van der Waals surface area contributed by atoms with Crippen LogP contribution in [0.4, 0.5) is 0 Å². The molecule has 0 bridgehead atoms. The zero-order valence-corrected chi connectivity index (χ0v) is 10.3. The molecule has 0 saturated heterocycles. The van der Waals surface area contributed by atoms with Gasteiger partial charge in [0.25, 0.3) is 0 Å². The third-order valence-electron chi connectivity index (χ3n) is 2.44. The van der Waals surface area contributed by atoms with E-state index < -0.39 is 5.97 Å². The number of nitrogens with zero attached hydrogens (tertiary/aromatic N) is 1. The second kappa shape index (κ2) is 6.60. The number of carbonyl (C=O) groups is 1. The van der Waals surface area contributed by atoms with Crippen LogP contribution in [0.25, 0.3) is 0 Å². The van der Waals surface area contributed by atoms with Gasteiger partial charge in [-0.2, -0.15) is 0 Å². The molecule has 0 spiro atoms. The Morgan fingerprint density at radius 2 is 2.38 bits per heavy atom. The number of rotatable bonds is 7. The van der Waals surface area contributed by atoms with Crippen LogP contribution in [0.2, 0.25) is 0 Å². The Morgan fingerprint density at radius 1 is 1.62 bits per heavy atom. The Labute approximate surface area is 99.5 Å². The number of hydrogen-bond acceptors (Lipinski definition) is 4. The molecule has 0 aliphatic rings. The highest BCUT2D eigenvalue weighted by Crippen LogP contribution is 2.18. The molecule has 1 aromatic heterocycles. The summed E-state index contributed by atoms with van der Waals surface area (Å²) in [6.45, 7) is 2.55. The Kier molecular flexibility index (Phi) is 5.42. The minimum absolute atomic E-state index is 0.322. The van der Waals surface area contributed by atoms with E-state index >= 15 is 0 Å². The number of carboxylic acids is 1. The molecule has 16 heavy (non-hydrogen) atoms. The highest BCUT2D eigenvalue weighted by atomic mass is 32.1. The molecule has 0 radical (unpaired) electrons. The van der Waals surface area contributed by atoms with Crippen molar-refractivity contribution >= 4 is 17.3 Å². The molecule has 0 aliphatic heterocycles. The van der Waals surface area contributed by atoms with Crippen LogP contribution in [-0.2, 0) is 11.2 Å². The van der Waals surface area contributed by atoms with Crippen LogP contribution >= 0.6 is 11.3 Å². The van der Waals surface area contributed by atoms with Crippen molar-refractivity contribution in [3.05, 3.63) is 16.1 Å². The minimum atomic E-state index is -0.732. The van der Waals surface area contributed by atoms with Crippen molar-refractivity contribution < 1.29 is 9.90 Å². The van der Waals surface area contributed by atoms with E-state index in [1.54, 1.807) is 0 Å². The smallest absolute Gasteiger partial charge is 0.306 e. The first-order valence-electron chi connectivity index (χ1n) is 5.47. The van der Waals surface area contributed by atoms with E-state index in [0.29, 0.717) is 19.4 Å². The second-order valence-electron chi connectivity index (χ2n) is 3.91. The number of thiazole rings is 1. The summed E-state index contributed by atoms with van der Waals surface area (Å²) < 4.78 is 0. The summed E-state index contributed by atoms with van der Waals surface area (Å²) in [5.74, 6) is -1.05. The van der Waals surface area contributed by atoms with E-state index in [0.717, 1.165) is 23.5 Å². The lowest BCUT2D eigenvalue weighted by Crippen LogP contribution is -2.17. The standard InChI is InChI=1S/C11H18N2O2S/c1-8-7-16-10(13-8)6-9(11(14)15)4-2-3-5-12/h7,9H,2-6,12H2,1H3,(H,14,15). The van der Waals surface area contributed by atoms with E-state index in [1.807, 2.05) is 12.3 Å². The number of aliphatic carboxylic acids is 1. The zero-order valence-electron chi connectivity index (χ0n) is 9.48. The van der Waals surface area contributed by atoms with E-state index in [-0.39, 0.29) is 5.92 Å². The van der Waals surface area contributed by atoms with Gasteiger partial charge in [-0.3, -0.25) is 4.79 Å². The van der Waals surface area contributed by atoms with E-state index in [2.05, 4.69) is 4.98 Å². The summed E-state index contributed by atoms with van der Waals surface area (Å²) in [4.78, 5) is 15.3. The molecule has 1 atom stereocenters. The van der Waals surface area contributed by atoms with Gasteiger partial charge in [0.15, 0.2) is 0 Å². The monoisotopic (exact) mass is 242 g/mol. The first-order valence-corrected chi connectivity index (χ1v) is 6.35. The number of carboxylic acid groups (broad SMARTS) is 1. The molecule has 0 fully saturated rings. The first kappa shape index (κ1) is 13.1. The number of aryl methyl sites for hydroxylation is 1. The first-order chi connectivity index (χ1) is 7.63. The van der Waals surface area contributed by atoms with Crippen LogP contribution in [-0.4, -0.2) is 22.6 Å². The maximum Gasteiger partial charge on any atom is 0.306 e. The minimum Gasteiger partial charge on any atom is -0.481 e. The Balaban J connectivity index is 2.47. The lowest BCUT2D eigenvalue weighted by atomic mass is 9.99. The third kappa shape index (κ3) is 4.28. The predicted octanol–water partition coefficient (Wildman–Crippen LogP) is 1.82. The predicted molar refractivity (Wildman–Crippen MR) is 64.6 cm³/mol. The summed E-state index contributed by atoms with van der Waals surface area (Å²) in [7, 11) is 0. The Hall–Kier alpha value is -0.940. The van der Waals surface area contributed by atoms with Crippen LogP contribution in [0.3, 0.4) is 0 Å². The fraction of sp³-hybridized carbons (Fsp3) is 0.636. The van der Waals surface area contributed by atoms with Crippen LogP contribution in [0.5, 0.6) is 0 Å². The quantitative estimate of drug-likeness (QED) is 0.715. The van der Waals surface area contributed by atoms with Gasteiger partial charge in [-0.1, -0.05) is 6.42 Å². The summed E-state index contributed by atoms with van der Waals surface area (Å²) in [5.41, 5.74) is 6.35. The van der Waals surface area contributed by atoms with E-state index in [4.69, 9.17) is 10.8 Å². The van der Waals surface area contributed by atoms with E-state index in [9.17, 15) is 4.79 Å². The Bertz CT molecular complexity index is 338. The lowest BCUT2D eigenvalue weighted by molar-refractivity contribution is -0.142. The van der Waals surface area contributed by atoms with Gasteiger partial charge < -0.3 is 10.8 Å². The average Bonchev–Trinajstić information content (AvgIpc) is 2.63. The van der Waals surface area contributed by atoms with Crippen molar-refractivity contribution in [3.8, 4) is 0 Å². The SMILES string of the molecule is Cc1csc(CC(CCCCN)C(=O)O)n1. The van der Waals surface area contributed by atoms with Crippen molar-refractivity contribution in [2.24, 2.45) is 11.7 Å². The van der Waals surface area contributed by atoms with Crippen molar-refractivity contribution in [3.63, 3.8) is 0 Å².